The highest BCUT2D eigenvalue weighted by Crippen LogP contribution is 2.36. The number of ether oxygens (including phenoxy) is 2. The molecule has 1 heterocycles. The Bertz CT molecular complexity index is 1300. The summed E-state index contributed by atoms with van der Waals surface area (Å²) in [7, 11) is 1.61. The van der Waals surface area contributed by atoms with Crippen LogP contribution in [0, 0.1) is 12.7 Å². The van der Waals surface area contributed by atoms with E-state index < -0.39 is 11.7 Å². The molecule has 0 aliphatic carbocycles. The van der Waals surface area contributed by atoms with Gasteiger partial charge in [-0.25, -0.2) is 4.39 Å². The molecule has 8 heteroatoms. The second kappa shape index (κ2) is 9.62. The summed E-state index contributed by atoms with van der Waals surface area (Å²) in [6.45, 7) is 2.85. The number of carbonyl (C=O) groups excluding carboxylic acids is 1. The number of benzene rings is 3. The van der Waals surface area contributed by atoms with Crippen LogP contribution in [0.15, 0.2) is 65.2 Å². The fraction of sp³-hybridized carbons (Fsp3) is 0.160. The zero-order chi connectivity index (χ0) is 23.4. The third kappa shape index (κ3) is 4.75. The van der Waals surface area contributed by atoms with E-state index >= 15 is 0 Å². The van der Waals surface area contributed by atoms with Crippen molar-refractivity contribution in [3.8, 4) is 39.7 Å². The van der Waals surface area contributed by atoms with Gasteiger partial charge in [0.25, 0.3) is 11.8 Å². The van der Waals surface area contributed by atoms with E-state index in [9.17, 15) is 9.18 Å². The van der Waals surface area contributed by atoms with Crippen molar-refractivity contribution in [2.45, 2.75) is 6.92 Å². The lowest BCUT2D eigenvalue weighted by Gasteiger charge is -2.14. The summed E-state index contributed by atoms with van der Waals surface area (Å²) in [4.78, 5) is 15.6. The number of amides is 1. The van der Waals surface area contributed by atoms with Crippen molar-refractivity contribution in [2.24, 2.45) is 5.73 Å². The Morgan fingerprint density at radius 2 is 1.82 bits per heavy atom. The first-order valence-corrected chi connectivity index (χ1v) is 10.2. The molecule has 0 spiro atoms. The van der Waals surface area contributed by atoms with Gasteiger partial charge in [0.2, 0.25) is 5.82 Å². The Hall–Kier alpha value is -4.04. The zero-order valence-corrected chi connectivity index (χ0v) is 18.2. The molecule has 7 nitrogen and oxygen atoms in total. The number of rotatable bonds is 8. The predicted molar refractivity (Wildman–Crippen MR) is 121 cm³/mol. The number of primary amides is 1. The van der Waals surface area contributed by atoms with E-state index in [-0.39, 0.29) is 17.3 Å². The predicted octanol–water partition coefficient (Wildman–Crippen LogP) is 4.64. The van der Waals surface area contributed by atoms with E-state index in [0.29, 0.717) is 30.1 Å². The second-order valence-electron chi connectivity index (χ2n) is 7.35. The minimum absolute atomic E-state index is 0.185. The van der Waals surface area contributed by atoms with E-state index in [2.05, 4.69) is 10.1 Å². The van der Waals surface area contributed by atoms with Crippen LogP contribution in [-0.4, -0.2) is 36.4 Å². The van der Waals surface area contributed by atoms with Crippen LogP contribution in [0.4, 0.5) is 4.39 Å². The van der Waals surface area contributed by atoms with E-state index in [1.807, 2.05) is 49.4 Å². The van der Waals surface area contributed by atoms with Gasteiger partial charge in [-0.2, -0.15) is 4.98 Å². The average molecular weight is 447 g/mol. The third-order valence-electron chi connectivity index (χ3n) is 5.13. The Labute approximate surface area is 190 Å². The highest BCUT2D eigenvalue weighted by atomic mass is 19.1. The van der Waals surface area contributed by atoms with Gasteiger partial charge in [0.05, 0.1) is 12.2 Å². The van der Waals surface area contributed by atoms with Crippen LogP contribution in [0.25, 0.3) is 34.0 Å². The lowest BCUT2D eigenvalue weighted by Crippen LogP contribution is -2.12. The number of nitrogens with two attached hydrogens (primary N) is 1. The van der Waals surface area contributed by atoms with Crippen molar-refractivity contribution >= 4 is 5.91 Å². The Morgan fingerprint density at radius 1 is 1.03 bits per heavy atom. The molecule has 4 aromatic rings. The molecule has 33 heavy (non-hydrogen) atoms. The third-order valence-corrected chi connectivity index (χ3v) is 5.13. The van der Waals surface area contributed by atoms with Crippen LogP contribution < -0.4 is 10.5 Å². The molecule has 0 saturated heterocycles. The summed E-state index contributed by atoms with van der Waals surface area (Å²) in [5.74, 6) is -0.511. The summed E-state index contributed by atoms with van der Waals surface area (Å²) in [6.07, 6.45) is 0. The van der Waals surface area contributed by atoms with E-state index in [0.717, 1.165) is 22.8 Å². The standard InChI is InChI=1S/C25H22FN3O4/c1-15-5-3-4-6-18(15)19-9-8-17(14-22(19)32-12-11-31-2)25-28-24(29-33-25)16-7-10-20(23(27)30)21(26)13-16/h3-10,13-14H,11-12H2,1-2H3,(H2,27,30). The van der Waals surface area contributed by atoms with Gasteiger partial charge < -0.3 is 19.7 Å². The van der Waals surface area contributed by atoms with Gasteiger partial charge in [0, 0.05) is 23.8 Å². The molecule has 1 amide bonds. The SMILES string of the molecule is COCCOc1cc(-c2nc(-c3ccc(C(N)=O)c(F)c3)no2)ccc1-c1ccccc1C. The van der Waals surface area contributed by atoms with Crippen LogP contribution in [0.1, 0.15) is 15.9 Å². The van der Waals surface area contributed by atoms with Crippen molar-refractivity contribution < 1.29 is 23.2 Å². The summed E-state index contributed by atoms with van der Waals surface area (Å²) < 4.78 is 30.6. The largest absolute Gasteiger partial charge is 0.491 e. The van der Waals surface area contributed by atoms with Crippen molar-refractivity contribution in [3.63, 3.8) is 0 Å². The summed E-state index contributed by atoms with van der Waals surface area (Å²) in [5, 5.41) is 3.95. The molecule has 1 aromatic heterocycles. The van der Waals surface area contributed by atoms with Gasteiger partial charge in [-0.1, -0.05) is 35.5 Å². The van der Waals surface area contributed by atoms with Crippen LogP contribution in [0.2, 0.25) is 0 Å². The maximum atomic E-state index is 14.1. The number of nitrogens with zero attached hydrogens (tertiary/aromatic N) is 2. The van der Waals surface area contributed by atoms with Crippen LogP contribution in [0.5, 0.6) is 5.75 Å². The molecule has 0 aliphatic rings. The highest BCUT2D eigenvalue weighted by Gasteiger charge is 2.17. The maximum absolute atomic E-state index is 14.1. The first kappa shape index (κ1) is 22.2. The van der Waals surface area contributed by atoms with Gasteiger partial charge in [-0.15, -0.1) is 0 Å². The fourth-order valence-electron chi connectivity index (χ4n) is 3.42. The summed E-state index contributed by atoms with van der Waals surface area (Å²) in [6, 6.07) is 17.6. The quantitative estimate of drug-likeness (QED) is 0.395. The monoisotopic (exact) mass is 447 g/mol. The molecule has 4 rings (SSSR count). The van der Waals surface area contributed by atoms with Gasteiger partial charge in [0.1, 0.15) is 18.2 Å². The maximum Gasteiger partial charge on any atom is 0.258 e. The fourth-order valence-corrected chi connectivity index (χ4v) is 3.42. The molecule has 3 aromatic carbocycles. The topological polar surface area (TPSA) is 100 Å². The molecule has 0 radical (unpaired) electrons. The molecule has 0 atom stereocenters. The van der Waals surface area contributed by atoms with Crippen molar-refractivity contribution in [3.05, 3.63) is 77.6 Å². The average Bonchev–Trinajstić information content (AvgIpc) is 3.30. The molecular formula is C25H22FN3O4. The molecule has 0 bridgehead atoms. The van der Waals surface area contributed by atoms with E-state index in [4.69, 9.17) is 19.7 Å². The molecule has 168 valence electrons. The van der Waals surface area contributed by atoms with E-state index in [1.165, 1.54) is 12.1 Å². The lowest BCUT2D eigenvalue weighted by molar-refractivity contribution is 0.0996. The van der Waals surface area contributed by atoms with E-state index in [1.54, 1.807) is 7.11 Å². The van der Waals surface area contributed by atoms with Gasteiger partial charge in [0.15, 0.2) is 0 Å². The molecule has 0 fully saturated rings. The number of hydrogen-bond donors (Lipinski definition) is 1. The second-order valence-corrected chi connectivity index (χ2v) is 7.35. The minimum Gasteiger partial charge on any atom is -0.491 e. The summed E-state index contributed by atoms with van der Waals surface area (Å²) in [5.41, 5.74) is 9.05. The molecule has 0 aliphatic heterocycles. The van der Waals surface area contributed by atoms with Crippen LogP contribution in [0.3, 0.4) is 0 Å². The van der Waals surface area contributed by atoms with Gasteiger partial charge >= 0.3 is 0 Å². The molecule has 0 unspecified atom stereocenters. The molecular weight excluding hydrogens is 425 g/mol. The van der Waals surface area contributed by atoms with Gasteiger partial charge in [-0.3, -0.25) is 4.79 Å². The number of hydrogen-bond acceptors (Lipinski definition) is 6. The Balaban J connectivity index is 1.69. The number of aryl methyl sites for hydroxylation is 1. The van der Waals surface area contributed by atoms with Crippen molar-refractivity contribution in [1.82, 2.24) is 10.1 Å². The number of carbonyl (C=O) groups is 1. The highest BCUT2D eigenvalue weighted by molar-refractivity contribution is 5.93. The smallest absolute Gasteiger partial charge is 0.258 e. The van der Waals surface area contributed by atoms with Gasteiger partial charge in [-0.05, 0) is 48.4 Å². The lowest BCUT2D eigenvalue weighted by atomic mass is 9.98. The summed E-state index contributed by atoms with van der Waals surface area (Å²) >= 11 is 0. The number of halogens is 1. The Kier molecular flexibility index (Phi) is 6.46. The Morgan fingerprint density at radius 3 is 2.55 bits per heavy atom. The zero-order valence-electron chi connectivity index (χ0n) is 18.2. The number of methoxy groups -OCH3 is 1. The van der Waals surface area contributed by atoms with Crippen molar-refractivity contribution in [1.29, 1.82) is 0 Å². The first-order chi connectivity index (χ1) is 16.0. The first-order valence-electron chi connectivity index (χ1n) is 10.2. The molecule has 2 N–H and O–H groups in total. The molecule has 0 saturated carbocycles. The number of aromatic nitrogens is 2. The van der Waals surface area contributed by atoms with Crippen LogP contribution in [-0.2, 0) is 4.74 Å². The van der Waals surface area contributed by atoms with Crippen molar-refractivity contribution in [2.75, 3.05) is 20.3 Å². The normalized spacial score (nSPS) is 10.9. The van der Waals surface area contributed by atoms with Crippen LogP contribution >= 0.6 is 0 Å². The minimum atomic E-state index is -0.845.